The average molecular weight is 1580 g/mol. The summed E-state index contributed by atoms with van der Waals surface area (Å²) in [6.45, 7) is 5.35. The zero-order valence-electron chi connectivity index (χ0n) is 65.1. The molecule has 8 rings (SSSR count). The van der Waals surface area contributed by atoms with E-state index in [1.807, 2.05) is 0 Å². The van der Waals surface area contributed by atoms with Crippen LogP contribution in [-0.4, -0.2) is 294 Å². The maximum atomic E-state index is 15.7. The molecule has 4 aliphatic heterocycles. The van der Waals surface area contributed by atoms with E-state index in [2.05, 4.69) is 16.0 Å². The first kappa shape index (κ1) is 88.5. The van der Waals surface area contributed by atoms with Crippen LogP contribution in [0.4, 0.5) is 43.9 Å². The molecule has 0 aromatic carbocycles. The molecule has 8 aliphatic rings. The van der Waals surface area contributed by atoms with Crippen molar-refractivity contribution in [3.63, 3.8) is 0 Å². The Kier molecular flexibility index (Phi) is 30.0. The first-order chi connectivity index (χ1) is 51.5. The number of ether oxygens (including phenoxy) is 1. The molecule has 12 amide bonds. The summed E-state index contributed by atoms with van der Waals surface area (Å²) in [5.41, 5.74) is -2.46. The van der Waals surface area contributed by atoms with Crippen molar-refractivity contribution in [1.29, 1.82) is 0 Å². The summed E-state index contributed by atoms with van der Waals surface area (Å²) in [5, 5.41) is 7.90. The largest absolute Gasteiger partial charge is 0.397 e. The van der Waals surface area contributed by atoms with Crippen LogP contribution in [0.1, 0.15) is 182 Å². The molecule has 622 valence electrons. The average Bonchev–Trinajstić information content (AvgIpc) is 0.964. The molecule has 8 fully saturated rings. The Morgan fingerprint density at radius 3 is 1.75 bits per heavy atom. The Balaban J connectivity index is 1.20. The lowest BCUT2D eigenvalue weighted by atomic mass is 9.71. The summed E-state index contributed by atoms with van der Waals surface area (Å²) in [4.78, 5) is 191. The van der Waals surface area contributed by atoms with E-state index in [0.29, 0.717) is 51.4 Å². The molecule has 4 aliphatic carbocycles. The minimum absolute atomic E-state index is 0.00459. The lowest BCUT2D eigenvalue weighted by Crippen LogP contribution is -2.72. The fourth-order valence-electron chi connectivity index (χ4n) is 17.9. The third-order valence-corrected chi connectivity index (χ3v) is 24.6. The number of nitrogens with zero attached hydrogens (tertiary/aromatic N) is 9. The van der Waals surface area contributed by atoms with Gasteiger partial charge in [-0.25, -0.2) is 17.6 Å². The highest BCUT2D eigenvalue weighted by Crippen LogP contribution is 2.49. The molecule has 4 heterocycles. The lowest BCUT2D eigenvalue weighted by Gasteiger charge is -2.50. The van der Waals surface area contributed by atoms with Crippen LogP contribution in [0.2, 0.25) is 0 Å². The molecule has 4 saturated carbocycles. The third kappa shape index (κ3) is 21.2. The van der Waals surface area contributed by atoms with Gasteiger partial charge in [-0.1, -0.05) is 59.8 Å². The van der Waals surface area contributed by atoms with Gasteiger partial charge in [0.05, 0.1) is 38.6 Å². The van der Waals surface area contributed by atoms with Crippen molar-refractivity contribution in [3.8, 4) is 0 Å². The first-order valence-electron chi connectivity index (χ1n) is 39.2. The number of hydrogen-bond donors (Lipinski definition) is 3. The maximum absolute atomic E-state index is 15.7. The van der Waals surface area contributed by atoms with Crippen molar-refractivity contribution in [2.75, 3.05) is 94.8 Å². The Bertz CT molecular complexity index is 3280. The highest BCUT2D eigenvalue weighted by Gasteiger charge is 2.64. The second-order valence-electron chi connectivity index (χ2n) is 32.9. The summed E-state index contributed by atoms with van der Waals surface area (Å²) in [6, 6.07) is -12.0. The van der Waals surface area contributed by atoms with Gasteiger partial charge in [-0.2, -0.15) is 26.3 Å². The number of carbonyl (C=O) groups is 12. The van der Waals surface area contributed by atoms with Gasteiger partial charge >= 0.3 is 12.4 Å². The second kappa shape index (κ2) is 37.2. The number of morpholine rings is 1. The van der Waals surface area contributed by atoms with Crippen LogP contribution >= 0.6 is 0 Å². The van der Waals surface area contributed by atoms with Gasteiger partial charge < -0.3 is 64.8 Å². The van der Waals surface area contributed by atoms with Crippen LogP contribution in [0, 0.1) is 41.4 Å². The van der Waals surface area contributed by atoms with Crippen molar-refractivity contribution in [2.45, 2.75) is 266 Å². The number of rotatable bonds is 11. The minimum Gasteiger partial charge on any atom is -0.378 e. The molecule has 2 unspecified atom stereocenters. The number of nitrogens with one attached hydrogen (secondary N) is 3. The van der Waals surface area contributed by atoms with Crippen LogP contribution in [0.5, 0.6) is 0 Å². The summed E-state index contributed by atoms with van der Waals surface area (Å²) in [5.74, 6) is -22.2. The third-order valence-electron chi connectivity index (χ3n) is 24.6. The quantitative estimate of drug-likeness (QED) is 0.185. The molecule has 0 aromatic rings. The Morgan fingerprint density at radius 1 is 0.573 bits per heavy atom. The van der Waals surface area contributed by atoms with Crippen LogP contribution in [-0.2, 0) is 62.3 Å². The predicted molar refractivity (Wildman–Crippen MR) is 379 cm³/mol. The van der Waals surface area contributed by atoms with E-state index in [4.69, 9.17) is 4.74 Å². The van der Waals surface area contributed by atoms with Crippen molar-refractivity contribution in [3.05, 3.63) is 0 Å². The maximum Gasteiger partial charge on any atom is 0.397 e. The summed E-state index contributed by atoms with van der Waals surface area (Å²) >= 11 is 0. The number of amides is 12. The van der Waals surface area contributed by atoms with E-state index < -0.39 is 243 Å². The molecular weight excluding hydrogens is 1470 g/mol. The van der Waals surface area contributed by atoms with Gasteiger partial charge in [-0.05, 0) is 132 Å². The summed E-state index contributed by atoms with van der Waals surface area (Å²) in [6.07, 6.45) is -18.7. The van der Waals surface area contributed by atoms with Crippen molar-refractivity contribution in [2.24, 2.45) is 41.4 Å². The Labute approximate surface area is 637 Å². The molecule has 3 N–H and O–H groups in total. The topological polar surface area (TPSA) is 279 Å². The minimum atomic E-state index is -5.25. The van der Waals surface area contributed by atoms with Gasteiger partial charge in [0.15, 0.2) is 0 Å². The van der Waals surface area contributed by atoms with Gasteiger partial charge in [-0.15, -0.1) is 0 Å². The van der Waals surface area contributed by atoms with Crippen LogP contribution < -0.4 is 16.0 Å². The van der Waals surface area contributed by atoms with Crippen LogP contribution in [0.3, 0.4) is 0 Å². The highest BCUT2D eigenvalue weighted by atomic mass is 19.4. The number of carbonyl (C=O) groups excluding carboxylic acids is 12. The van der Waals surface area contributed by atoms with Crippen LogP contribution in [0.25, 0.3) is 0 Å². The van der Waals surface area contributed by atoms with E-state index in [-0.39, 0.29) is 110 Å². The molecule has 1 spiro atoms. The van der Waals surface area contributed by atoms with Gasteiger partial charge in [0, 0.05) is 81.3 Å². The number of hydrogen-bond acceptors (Lipinski definition) is 13. The summed E-state index contributed by atoms with van der Waals surface area (Å²) in [7, 11) is 7.62. The number of likely N-dealkylation sites (N-methyl/N-ethyl adjacent to an activating group) is 6. The summed E-state index contributed by atoms with van der Waals surface area (Å²) < 4.78 is 152. The van der Waals surface area contributed by atoms with E-state index in [0.717, 1.165) is 34.3 Å². The first-order valence-corrected chi connectivity index (χ1v) is 39.2. The smallest absolute Gasteiger partial charge is 0.378 e. The zero-order valence-corrected chi connectivity index (χ0v) is 65.1. The van der Waals surface area contributed by atoms with E-state index in [1.54, 1.807) is 27.7 Å². The van der Waals surface area contributed by atoms with E-state index >= 15 is 55.9 Å². The molecule has 4 saturated heterocycles. The molecule has 2 bridgehead atoms. The van der Waals surface area contributed by atoms with Gasteiger partial charge in [0.25, 0.3) is 5.92 Å². The molecular formula is C75H114F10N12O13. The van der Waals surface area contributed by atoms with Gasteiger partial charge in [0.2, 0.25) is 70.9 Å². The highest BCUT2D eigenvalue weighted by molar-refractivity contribution is 6.01. The Hall–Kier alpha value is -7.10. The fraction of sp³-hybridized carbons (Fsp3) is 0.840. The monoisotopic (exact) mass is 1580 g/mol. The molecule has 25 nitrogen and oxygen atoms in total. The van der Waals surface area contributed by atoms with E-state index in [9.17, 15) is 45.5 Å². The number of halogens is 10. The Morgan fingerprint density at radius 2 is 1.16 bits per heavy atom. The number of fused-ring (bicyclic) bond motifs is 3. The molecule has 110 heavy (non-hydrogen) atoms. The lowest BCUT2D eigenvalue weighted by molar-refractivity contribution is -0.219. The van der Waals surface area contributed by atoms with Crippen LogP contribution in [0.15, 0.2) is 0 Å². The second-order valence-corrected chi connectivity index (χ2v) is 32.9. The molecule has 11 atom stereocenters. The molecule has 0 aromatic heterocycles. The van der Waals surface area contributed by atoms with Gasteiger partial charge in [0.1, 0.15) is 72.1 Å². The fourth-order valence-corrected chi connectivity index (χ4v) is 17.9. The number of alkyl halides is 10. The van der Waals surface area contributed by atoms with E-state index in [1.165, 1.54) is 52.1 Å². The van der Waals surface area contributed by atoms with Crippen molar-refractivity contribution >= 4 is 70.9 Å². The zero-order chi connectivity index (χ0) is 81.4. The predicted octanol–water partition coefficient (Wildman–Crippen LogP) is 6.58. The standard InChI is InChI=1S/C75H114F10N12O13/c1-11-44(4)61-69(107)90(6)40-59(100)91(7)53-20-13-12-16-28-97(68(53)106)56(37-45-22-25-48(26-23-45)74(80,81)82)66(104)89(5)39-57(98)86-51(27-24-46-35-49(76)60(50(77)36-46)75(83,84)85)65(103)96-29-17-21-52(96)64(102)88-72(41-73(78,79)42-72)71(109)94(10)62(47-18-14-15-19-47)70(108)93(9)55(67(105)95-30-32-110-33-31-95)38-58(99)92(8)54(34-43(2)3)63(101)87-61/h43-56,60-62H,11-42H2,1-10H3,(H,86,98)(H,87,101)(H,88,102)/t44-,45?,46?,48?,49?,50?,51-,52-,53-,54-,55-,56-,60?,61-,62-/m0/s1. The van der Waals surface area contributed by atoms with Gasteiger partial charge in [-0.3, -0.25) is 57.5 Å². The van der Waals surface area contributed by atoms with Crippen molar-refractivity contribution < 1.29 is 106 Å². The normalized spacial score (nSPS) is 32.2. The SMILES string of the molecule is CC[C@H](C)[C@@H]1NC(=O)[C@H](CC(C)C)N(C)C(=O)C[C@@H](C(=O)N2CCOCC2)N(C)C(=O)[C@H](C2CCCC2)N(C)C(=O)C2(CC(F)(F)C2)NC(=O)[C@@H]2CCCN2C(=O)[C@H](CCC2CC(F)C(C(F)(F)F)C(F)C2)NC(=O)CN(C)C(=O)[C@H](CC2CCC(C(F)(F)F)CC2)N2CCCCC[C@@H](C2=O)N(C)C(=O)CN(C)C1=O. The molecule has 35 heteroatoms. The van der Waals surface area contributed by atoms with Crippen molar-refractivity contribution in [1.82, 2.24) is 60.0 Å². The molecule has 0 radical (unpaired) electrons.